The van der Waals surface area contributed by atoms with Crippen LogP contribution in [-0.4, -0.2) is 51.7 Å². The Hall–Kier alpha value is -1.92. The third kappa shape index (κ3) is 3.76. The highest BCUT2D eigenvalue weighted by Crippen LogP contribution is 2.23. The number of hydrogen-bond donors (Lipinski definition) is 0. The molecule has 0 N–H and O–H groups in total. The fraction of sp³-hybridized carbons (Fsp3) is 0.474. The first kappa shape index (κ1) is 18.9. The molecule has 2 heterocycles. The van der Waals surface area contributed by atoms with Gasteiger partial charge in [-0.05, 0) is 26.8 Å². The molecule has 140 valence electrons. The summed E-state index contributed by atoms with van der Waals surface area (Å²) in [5, 5.41) is 5.00. The Morgan fingerprint density at radius 1 is 1.23 bits per heavy atom. The van der Waals surface area contributed by atoms with Crippen LogP contribution >= 0.6 is 11.6 Å². The minimum atomic E-state index is -0.390. The molecule has 1 fully saturated rings. The van der Waals surface area contributed by atoms with Crippen molar-refractivity contribution < 1.29 is 9.18 Å². The fourth-order valence-electron chi connectivity index (χ4n) is 3.38. The number of hydrogen-bond acceptors (Lipinski definition) is 3. The molecule has 1 amide bonds. The number of amides is 1. The third-order valence-electron chi connectivity index (χ3n) is 5.00. The molecular formula is C19H24ClFN4O. The molecule has 26 heavy (non-hydrogen) atoms. The highest BCUT2D eigenvalue weighted by molar-refractivity contribution is 6.31. The fourth-order valence-corrected chi connectivity index (χ4v) is 3.51. The van der Waals surface area contributed by atoms with Crippen molar-refractivity contribution in [1.82, 2.24) is 19.6 Å². The topological polar surface area (TPSA) is 41.4 Å². The predicted molar refractivity (Wildman–Crippen MR) is 99.7 cm³/mol. The van der Waals surface area contributed by atoms with Gasteiger partial charge in [0.25, 0.3) is 0 Å². The monoisotopic (exact) mass is 378 g/mol. The molecule has 3 rings (SSSR count). The van der Waals surface area contributed by atoms with Gasteiger partial charge < -0.3 is 4.90 Å². The van der Waals surface area contributed by atoms with Crippen LogP contribution in [0.15, 0.2) is 24.3 Å². The SMILES string of the molecule is Cc1nn(C(C)C(=O)N2CCN(Cc3ccccc3F)CC2)c(C)c1Cl. The second-order valence-electron chi connectivity index (χ2n) is 6.80. The molecule has 0 bridgehead atoms. The van der Waals surface area contributed by atoms with Crippen LogP contribution in [0.3, 0.4) is 0 Å². The Kier molecular flexibility index (Phi) is 5.63. The summed E-state index contributed by atoms with van der Waals surface area (Å²) < 4.78 is 15.5. The van der Waals surface area contributed by atoms with E-state index >= 15 is 0 Å². The Bertz CT molecular complexity index is 799. The van der Waals surface area contributed by atoms with Gasteiger partial charge in [0.2, 0.25) is 5.91 Å². The first-order valence-electron chi connectivity index (χ1n) is 8.84. The summed E-state index contributed by atoms with van der Waals surface area (Å²) in [6.45, 7) is 8.84. The van der Waals surface area contributed by atoms with Crippen LogP contribution in [-0.2, 0) is 11.3 Å². The van der Waals surface area contributed by atoms with E-state index in [-0.39, 0.29) is 17.8 Å². The number of carbonyl (C=O) groups excluding carboxylic acids is 1. The van der Waals surface area contributed by atoms with Crippen LogP contribution in [0, 0.1) is 19.7 Å². The van der Waals surface area contributed by atoms with E-state index in [1.807, 2.05) is 37.8 Å². The molecule has 7 heteroatoms. The quantitative estimate of drug-likeness (QED) is 0.820. The molecule has 1 atom stereocenters. The van der Waals surface area contributed by atoms with E-state index in [4.69, 9.17) is 11.6 Å². The normalized spacial score (nSPS) is 16.7. The number of benzene rings is 1. The molecule has 0 aliphatic carbocycles. The molecule has 1 saturated heterocycles. The van der Waals surface area contributed by atoms with E-state index in [0.29, 0.717) is 30.2 Å². The zero-order valence-corrected chi connectivity index (χ0v) is 16.1. The summed E-state index contributed by atoms with van der Waals surface area (Å²) >= 11 is 6.20. The van der Waals surface area contributed by atoms with Crippen molar-refractivity contribution in [2.24, 2.45) is 0 Å². The Morgan fingerprint density at radius 3 is 2.46 bits per heavy atom. The summed E-state index contributed by atoms with van der Waals surface area (Å²) in [6, 6.07) is 6.44. The molecule has 5 nitrogen and oxygen atoms in total. The van der Waals surface area contributed by atoms with Gasteiger partial charge in [-0.25, -0.2) is 4.39 Å². The zero-order chi connectivity index (χ0) is 18.8. The first-order valence-corrected chi connectivity index (χ1v) is 9.22. The predicted octanol–water partition coefficient (Wildman–Crippen LogP) is 3.20. The van der Waals surface area contributed by atoms with E-state index in [2.05, 4.69) is 10.00 Å². The lowest BCUT2D eigenvalue weighted by Gasteiger charge is -2.36. The summed E-state index contributed by atoms with van der Waals surface area (Å²) in [4.78, 5) is 16.9. The standard InChI is InChI=1S/C19H24ClFN4O/c1-13-18(20)14(2)25(22-13)15(3)19(26)24-10-8-23(9-11-24)12-16-6-4-5-7-17(16)21/h4-7,15H,8-12H2,1-3H3. The molecule has 1 aliphatic rings. The van der Waals surface area contributed by atoms with E-state index in [0.717, 1.165) is 24.5 Å². The van der Waals surface area contributed by atoms with Crippen molar-refractivity contribution in [1.29, 1.82) is 0 Å². The van der Waals surface area contributed by atoms with Crippen LogP contribution in [0.2, 0.25) is 5.02 Å². The molecule has 1 aromatic carbocycles. The van der Waals surface area contributed by atoms with Crippen molar-refractivity contribution >= 4 is 17.5 Å². The zero-order valence-electron chi connectivity index (χ0n) is 15.4. The van der Waals surface area contributed by atoms with E-state index in [9.17, 15) is 9.18 Å². The number of carbonyl (C=O) groups is 1. The van der Waals surface area contributed by atoms with E-state index in [1.54, 1.807) is 10.7 Å². The number of nitrogens with zero attached hydrogens (tertiary/aromatic N) is 4. The minimum Gasteiger partial charge on any atom is -0.338 e. The summed E-state index contributed by atoms with van der Waals surface area (Å²) in [6.07, 6.45) is 0. The van der Waals surface area contributed by atoms with Gasteiger partial charge >= 0.3 is 0 Å². The van der Waals surface area contributed by atoms with Gasteiger partial charge in [0.1, 0.15) is 11.9 Å². The molecule has 1 aliphatic heterocycles. The number of halogens is 2. The van der Waals surface area contributed by atoms with Crippen molar-refractivity contribution in [3.63, 3.8) is 0 Å². The van der Waals surface area contributed by atoms with Crippen molar-refractivity contribution in [2.75, 3.05) is 26.2 Å². The lowest BCUT2D eigenvalue weighted by molar-refractivity contribution is -0.136. The van der Waals surface area contributed by atoms with Crippen molar-refractivity contribution in [3.05, 3.63) is 52.1 Å². The third-order valence-corrected chi connectivity index (χ3v) is 5.54. The highest BCUT2D eigenvalue weighted by Gasteiger charge is 2.28. The lowest BCUT2D eigenvalue weighted by atomic mass is 10.1. The molecule has 1 unspecified atom stereocenters. The number of aryl methyl sites for hydroxylation is 1. The van der Waals surface area contributed by atoms with E-state index < -0.39 is 0 Å². The first-order chi connectivity index (χ1) is 12.4. The molecule has 2 aromatic rings. The number of rotatable bonds is 4. The van der Waals surface area contributed by atoms with Gasteiger partial charge in [0.15, 0.2) is 0 Å². The average molecular weight is 379 g/mol. The van der Waals surface area contributed by atoms with Gasteiger partial charge in [-0.1, -0.05) is 29.8 Å². The van der Waals surface area contributed by atoms with Gasteiger partial charge in [-0.15, -0.1) is 0 Å². The number of piperazine rings is 1. The lowest BCUT2D eigenvalue weighted by Crippen LogP contribution is -2.50. The van der Waals surface area contributed by atoms with Gasteiger partial charge in [-0.3, -0.25) is 14.4 Å². The van der Waals surface area contributed by atoms with Gasteiger partial charge in [0, 0.05) is 38.3 Å². The Morgan fingerprint density at radius 2 is 1.88 bits per heavy atom. The second kappa shape index (κ2) is 7.76. The summed E-state index contributed by atoms with van der Waals surface area (Å²) in [5.41, 5.74) is 2.24. The summed E-state index contributed by atoms with van der Waals surface area (Å²) in [7, 11) is 0. The second-order valence-corrected chi connectivity index (χ2v) is 7.18. The Labute approximate surface area is 158 Å². The molecule has 0 saturated carbocycles. The van der Waals surface area contributed by atoms with Crippen LogP contribution < -0.4 is 0 Å². The van der Waals surface area contributed by atoms with Crippen LogP contribution in [0.1, 0.15) is 29.9 Å². The maximum Gasteiger partial charge on any atom is 0.247 e. The van der Waals surface area contributed by atoms with Crippen LogP contribution in [0.4, 0.5) is 4.39 Å². The van der Waals surface area contributed by atoms with Crippen LogP contribution in [0.5, 0.6) is 0 Å². The van der Waals surface area contributed by atoms with Crippen molar-refractivity contribution in [2.45, 2.75) is 33.4 Å². The Balaban J connectivity index is 1.59. The largest absolute Gasteiger partial charge is 0.338 e. The molecular weight excluding hydrogens is 355 g/mol. The maximum absolute atomic E-state index is 13.8. The molecule has 0 radical (unpaired) electrons. The molecule has 0 spiro atoms. The smallest absolute Gasteiger partial charge is 0.247 e. The molecule has 1 aromatic heterocycles. The van der Waals surface area contributed by atoms with E-state index in [1.165, 1.54) is 6.07 Å². The highest BCUT2D eigenvalue weighted by atomic mass is 35.5. The number of aromatic nitrogens is 2. The minimum absolute atomic E-state index is 0.0396. The van der Waals surface area contributed by atoms with Crippen LogP contribution in [0.25, 0.3) is 0 Å². The van der Waals surface area contributed by atoms with Crippen molar-refractivity contribution in [3.8, 4) is 0 Å². The maximum atomic E-state index is 13.8. The average Bonchev–Trinajstić information content (AvgIpc) is 2.90. The van der Waals surface area contributed by atoms with Gasteiger partial charge in [-0.2, -0.15) is 5.10 Å². The van der Waals surface area contributed by atoms with Gasteiger partial charge in [0.05, 0.1) is 16.4 Å². The summed E-state index contributed by atoms with van der Waals surface area (Å²) in [5.74, 6) is -0.140.